The summed E-state index contributed by atoms with van der Waals surface area (Å²) in [6.45, 7) is 2.19. The molecule has 0 amide bonds. The van der Waals surface area contributed by atoms with Crippen molar-refractivity contribution in [2.45, 2.75) is 19.8 Å². The fourth-order valence-electron chi connectivity index (χ4n) is 2.49. The van der Waals surface area contributed by atoms with Crippen molar-refractivity contribution in [3.63, 3.8) is 0 Å². The lowest BCUT2D eigenvalue weighted by Crippen LogP contribution is -2.02. The SMILES string of the molecule is CCC/C=C1\C=C(c2ccccc2)OC(c2ccccc2)=C1Br. The zero-order chi connectivity index (χ0) is 16.1. The van der Waals surface area contributed by atoms with Crippen molar-refractivity contribution in [2.75, 3.05) is 0 Å². The molecule has 1 nitrogen and oxygen atoms in total. The molecule has 0 aromatic heterocycles. The summed E-state index contributed by atoms with van der Waals surface area (Å²) in [6, 6.07) is 20.5. The summed E-state index contributed by atoms with van der Waals surface area (Å²) in [6.07, 6.45) is 6.55. The van der Waals surface area contributed by atoms with Crippen LogP contribution in [0.15, 0.2) is 82.9 Å². The van der Waals surface area contributed by atoms with Crippen LogP contribution in [-0.4, -0.2) is 0 Å². The number of hydrogen-bond donors (Lipinski definition) is 0. The van der Waals surface area contributed by atoms with Crippen LogP contribution in [0.3, 0.4) is 0 Å². The molecule has 2 aromatic carbocycles. The van der Waals surface area contributed by atoms with Crippen LogP contribution < -0.4 is 0 Å². The number of halogens is 1. The van der Waals surface area contributed by atoms with Crippen molar-refractivity contribution >= 4 is 27.4 Å². The Balaban J connectivity index is 2.05. The number of rotatable bonds is 4. The van der Waals surface area contributed by atoms with E-state index < -0.39 is 0 Å². The molecule has 2 aromatic rings. The minimum atomic E-state index is 0.870. The Morgan fingerprint density at radius 1 is 0.913 bits per heavy atom. The molecular weight excluding hydrogens is 348 g/mol. The summed E-state index contributed by atoms with van der Waals surface area (Å²) in [5, 5.41) is 0. The van der Waals surface area contributed by atoms with Crippen molar-refractivity contribution in [3.05, 3.63) is 94.0 Å². The second-order valence-corrected chi connectivity index (χ2v) is 6.23. The van der Waals surface area contributed by atoms with Crippen LogP contribution in [0.4, 0.5) is 0 Å². The highest BCUT2D eigenvalue weighted by Gasteiger charge is 2.20. The van der Waals surface area contributed by atoms with Gasteiger partial charge in [0.15, 0.2) is 0 Å². The molecule has 0 aliphatic carbocycles. The fraction of sp³-hybridized carbons (Fsp3) is 0.143. The third-order valence-corrected chi connectivity index (χ3v) is 4.52. The highest BCUT2D eigenvalue weighted by molar-refractivity contribution is 9.12. The van der Waals surface area contributed by atoms with Gasteiger partial charge in [0.25, 0.3) is 0 Å². The normalized spacial score (nSPS) is 16.3. The zero-order valence-electron chi connectivity index (χ0n) is 13.1. The van der Waals surface area contributed by atoms with Crippen LogP contribution in [0.2, 0.25) is 0 Å². The van der Waals surface area contributed by atoms with Gasteiger partial charge in [-0.3, -0.25) is 0 Å². The van der Waals surface area contributed by atoms with E-state index in [2.05, 4.69) is 59.3 Å². The Morgan fingerprint density at radius 3 is 2.13 bits per heavy atom. The van der Waals surface area contributed by atoms with E-state index in [4.69, 9.17) is 4.74 Å². The molecule has 0 unspecified atom stereocenters. The van der Waals surface area contributed by atoms with Gasteiger partial charge < -0.3 is 4.74 Å². The summed E-state index contributed by atoms with van der Waals surface area (Å²) < 4.78 is 7.25. The largest absolute Gasteiger partial charge is 0.455 e. The molecule has 1 heterocycles. The van der Waals surface area contributed by atoms with E-state index in [9.17, 15) is 0 Å². The second-order valence-electron chi connectivity index (χ2n) is 5.43. The van der Waals surface area contributed by atoms with Crippen molar-refractivity contribution < 1.29 is 4.74 Å². The van der Waals surface area contributed by atoms with E-state index in [1.807, 2.05) is 36.4 Å². The molecule has 1 aliphatic rings. The minimum absolute atomic E-state index is 0.870. The van der Waals surface area contributed by atoms with Crippen molar-refractivity contribution in [1.82, 2.24) is 0 Å². The molecule has 0 radical (unpaired) electrons. The third-order valence-electron chi connectivity index (χ3n) is 3.70. The Morgan fingerprint density at radius 2 is 1.52 bits per heavy atom. The number of allylic oxidation sites excluding steroid dienone is 4. The van der Waals surface area contributed by atoms with Gasteiger partial charge in [0, 0.05) is 11.1 Å². The number of hydrogen-bond acceptors (Lipinski definition) is 1. The van der Waals surface area contributed by atoms with Crippen molar-refractivity contribution in [1.29, 1.82) is 0 Å². The van der Waals surface area contributed by atoms with Gasteiger partial charge in [0.2, 0.25) is 0 Å². The maximum atomic E-state index is 6.23. The number of benzene rings is 2. The summed E-state index contributed by atoms with van der Waals surface area (Å²) in [5.41, 5.74) is 3.34. The first-order valence-electron chi connectivity index (χ1n) is 7.90. The van der Waals surface area contributed by atoms with Gasteiger partial charge in [0.05, 0.1) is 4.48 Å². The molecule has 116 valence electrons. The van der Waals surface area contributed by atoms with E-state index in [0.717, 1.165) is 40.0 Å². The highest BCUT2D eigenvalue weighted by atomic mass is 79.9. The average molecular weight is 367 g/mol. The van der Waals surface area contributed by atoms with Crippen LogP contribution in [0.5, 0.6) is 0 Å². The predicted molar refractivity (Wildman–Crippen MR) is 101 cm³/mol. The molecule has 0 bridgehead atoms. The number of ether oxygens (including phenoxy) is 1. The molecule has 2 heteroatoms. The first-order chi connectivity index (χ1) is 11.3. The van der Waals surface area contributed by atoms with E-state index >= 15 is 0 Å². The maximum absolute atomic E-state index is 6.23. The van der Waals surface area contributed by atoms with Gasteiger partial charge in [-0.2, -0.15) is 0 Å². The minimum Gasteiger partial charge on any atom is -0.455 e. The molecule has 0 saturated heterocycles. The van der Waals surface area contributed by atoms with Crippen molar-refractivity contribution in [3.8, 4) is 0 Å². The lowest BCUT2D eigenvalue weighted by atomic mass is 10.0. The Labute approximate surface area is 146 Å². The first kappa shape index (κ1) is 15.8. The zero-order valence-corrected chi connectivity index (χ0v) is 14.7. The quantitative estimate of drug-likeness (QED) is 0.596. The maximum Gasteiger partial charge on any atom is 0.149 e. The van der Waals surface area contributed by atoms with Crippen LogP contribution in [0.25, 0.3) is 11.5 Å². The topological polar surface area (TPSA) is 9.23 Å². The first-order valence-corrected chi connectivity index (χ1v) is 8.69. The highest BCUT2D eigenvalue weighted by Crippen LogP contribution is 2.39. The molecular formula is C21H19BrO. The number of unbranched alkanes of at least 4 members (excludes halogenated alkanes) is 1. The fourth-order valence-corrected chi connectivity index (χ4v) is 3.07. The Hall–Kier alpha value is -2.06. The van der Waals surface area contributed by atoms with Crippen LogP contribution in [-0.2, 0) is 4.74 Å². The molecule has 1 aliphatic heterocycles. The van der Waals surface area contributed by atoms with Gasteiger partial charge in [-0.05, 0) is 34.0 Å². The predicted octanol–water partition coefficient (Wildman–Crippen LogP) is 6.55. The summed E-state index contributed by atoms with van der Waals surface area (Å²) in [5.74, 6) is 1.75. The van der Waals surface area contributed by atoms with E-state index in [0.29, 0.717) is 0 Å². The van der Waals surface area contributed by atoms with Gasteiger partial charge in [0.1, 0.15) is 11.5 Å². The van der Waals surface area contributed by atoms with Crippen molar-refractivity contribution in [2.24, 2.45) is 0 Å². The third kappa shape index (κ3) is 3.65. The lowest BCUT2D eigenvalue weighted by Gasteiger charge is -2.21. The Bertz CT molecular complexity index is 755. The monoisotopic (exact) mass is 366 g/mol. The van der Waals surface area contributed by atoms with Crippen LogP contribution in [0, 0.1) is 0 Å². The summed E-state index contributed by atoms with van der Waals surface area (Å²) >= 11 is 3.73. The molecule has 0 saturated carbocycles. The molecule has 23 heavy (non-hydrogen) atoms. The van der Waals surface area contributed by atoms with Gasteiger partial charge >= 0.3 is 0 Å². The molecule has 0 fully saturated rings. The van der Waals surface area contributed by atoms with Gasteiger partial charge in [-0.1, -0.05) is 80.1 Å². The van der Waals surface area contributed by atoms with E-state index in [1.165, 1.54) is 5.57 Å². The lowest BCUT2D eigenvalue weighted by molar-refractivity contribution is 0.466. The molecule has 0 spiro atoms. The van der Waals surface area contributed by atoms with E-state index in [-0.39, 0.29) is 0 Å². The average Bonchev–Trinajstić information content (AvgIpc) is 2.62. The summed E-state index contributed by atoms with van der Waals surface area (Å²) in [4.78, 5) is 0. The van der Waals surface area contributed by atoms with Gasteiger partial charge in [-0.25, -0.2) is 0 Å². The van der Waals surface area contributed by atoms with Gasteiger partial charge in [-0.15, -0.1) is 0 Å². The molecule has 3 rings (SSSR count). The summed E-state index contributed by atoms with van der Waals surface area (Å²) in [7, 11) is 0. The van der Waals surface area contributed by atoms with E-state index in [1.54, 1.807) is 0 Å². The smallest absolute Gasteiger partial charge is 0.149 e. The second kappa shape index (κ2) is 7.47. The van der Waals surface area contributed by atoms with Crippen LogP contribution >= 0.6 is 15.9 Å². The molecule has 0 N–H and O–H groups in total. The Kier molecular flexibility index (Phi) is 5.14. The molecule has 0 atom stereocenters. The standard InChI is InChI=1S/C21H19BrO/c1-2-3-10-18-15-19(16-11-6-4-7-12-16)23-21(20(18)22)17-13-8-5-9-14-17/h4-15H,2-3H2,1H3/b18-10+. The van der Waals surface area contributed by atoms with Crippen LogP contribution in [0.1, 0.15) is 30.9 Å².